The van der Waals surface area contributed by atoms with Crippen molar-refractivity contribution in [3.05, 3.63) is 64.8 Å². The highest BCUT2D eigenvalue weighted by molar-refractivity contribution is 5.76. The molecule has 0 saturated heterocycles. The van der Waals surface area contributed by atoms with Crippen molar-refractivity contribution in [3.8, 4) is 23.4 Å². The zero-order valence-corrected chi connectivity index (χ0v) is 19.1. The first-order chi connectivity index (χ1) is 16.5. The molecule has 3 aromatic rings. The van der Waals surface area contributed by atoms with Crippen molar-refractivity contribution in [2.45, 2.75) is 38.0 Å². The van der Waals surface area contributed by atoms with E-state index in [0.717, 1.165) is 46.8 Å². The van der Waals surface area contributed by atoms with Gasteiger partial charge >= 0.3 is 0 Å². The van der Waals surface area contributed by atoms with E-state index in [-0.39, 0.29) is 6.61 Å². The maximum atomic E-state index is 9.97. The highest BCUT2D eigenvalue weighted by atomic mass is 16.3. The van der Waals surface area contributed by atoms with Gasteiger partial charge in [0.2, 0.25) is 5.95 Å². The topological polar surface area (TPSA) is 118 Å². The van der Waals surface area contributed by atoms with Crippen LogP contribution in [0.15, 0.2) is 42.6 Å². The predicted molar refractivity (Wildman–Crippen MR) is 131 cm³/mol. The first-order valence-corrected chi connectivity index (χ1v) is 11.6. The Morgan fingerprint density at radius 3 is 2.76 bits per heavy atom. The van der Waals surface area contributed by atoms with Gasteiger partial charge in [-0.3, -0.25) is 0 Å². The number of aromatic nitrogens is 2. The van der Waals surface area contributed by atoms with Crippen LogP contribution in [0.25, 0.3) is 11.3 Å². The Kier molecular flexibility index (Phi) is 5.65. The summed E-state index contributed by atoms with van der Waals surface area (Å²) < 4.78 is 0. The zero-order valence-electron chi connectivity index (χ0n) is 19.1. The van der Waals surface area contributed by atoms with Crippen LogP contribution in [0.4, 0.5) is 17.3 Å². The fraction of sp³-hybridized carbons (Fsp3) is 0.333. The Morgan fingerprint density at radius 1 is 1.18 bits per heavy atom. The normalized spacial score (nSPS) is 18.5. The summed E-state index contributed by atoms with van der Waals surface area (Å²) in [5.74, 6) is 1.25. The third kappa shape index (κ3) is 4.19. The van der Waals surface area contributed by atoms with Crippen LogP contribution in [-0.2, 0) is 11.8 Å². The maximum Gasteiger partial charge on any atom is 0.227 e. The number of aliphatic hydroxyl groups excluding tert-OH is 1. The van der Waals surface area contributed by atoms with Gasteiger partial charge in [-0.1, -0.05) is 25.8 Å². The Bertz CT molecular complexity index is 1330. The van der Waals surface area contributed by atoms with Crippen LogP contribution >= 0.6 is 0 Å². The number of fused-ring (bicyclic) bond motifs is 1. The molecule has 0 unspecified atom stereocenters. The summed E-state index contributed by atoms with van der Waals surface area (Å²) in [5, 5.41) is 35.7. The van der Waals surface area contributed by atoms with Crippen molar-refractivity contribution >= 4 is 17.3 Å². The third-order valence-electron chi connectivity index (χ3n) is 6.87. The number of anilines is 3. The molecule has 170 valence electrons. The molecule has 0 radical (unpaired) electrons. The molecule has 2 heterocycles. The van der Waals surface area contributed by atoms with Crippen molar-refractivity contribution in [1.82, 2.24) is 9.97 Å². The van der Waals surface area contributed by atoms with Crippen LogP contribution in [0.2, 0.25) is 0 Å². The summed E-state index contributed by atoms with van der Waals surface area (Å²) in [6, 6.07) is 15.8. The molecule has 1 saturated carbocycles. The number of hydrogen-bond acceptors (Lipinski definition) is 7. The van der Waals surface area contributed by atoms with Gasteiger partial charge in [0.25, 0.3) is 0 Å². The standard InChI is InChI=1S/C27H26N6O/c1-27(16-34)15-31-25-21(14-29)11-20(12-22(25)27)23-8-9-30-26(32-23)33-24-10-18(13-28)5-7-19(24)6-4-17-2-3-17/h5,7-12,17,31,34H,2-4,6,15-16H2,1H3,(H,30,32,33)/t27-/m1/s1. The highest BCUT2D eigenvalue weighted by Gasteiger charge is 2.36. The van der Waals surface area contributed by atoms with Crippen molar-refractivity contribution in [3.63, 3.8) is 0 Å². The minimum Gasteiger partial charge on any atom is -0.395 e. The van der Waals surface area contributed by atoms with Gasteiger partial charge in [0.05, 0.1) is 35.2 Å². The van der Waals surface area contributed by atoms with E-state index in [4.69, 9.17) is 4.98 Å². The van der Waals surface area contributed by atoms with Gasteiger partial charge in [-0.2, -0.15) is 10.5 Å². The number of nitriles is 2. The maximum absolute atomic E-state index is 9.97. The molecule has 1 aliphatic carbocycles. The monoisotopic (exact) mass is 450 g/mol. The molecule has 0 spiro atoms. The van der Waals surface area contributed by atoms with Crippen molar-refractivity contribution in [2.24, 2.45) is 5.92 Å². The molecular weight excluding hydrogens is 424 g/mol. The van der Waals surface area contributed by atoms with Gasteiger partial charge in [0, 0.05) is 29.4 Å². The Balaban J connectivity index is 1.48. The van der Waals surface area contributed by atoms with Crippen LogP contribution in [-0.4, -0.2) is 28.2 Å². The van der Waals surface area contributed by atoms with Crippen molar-refractivity contribution in [1.29, 1.82) is 10.5 Å². The number of aryl methyl sites for hydroxylation is 1. The first kappa shape index (κ1) is 21.9. The minimum absolute atomic E-state index is 0.0171. The van der Waals surface area contributed by atoms with Crippen LogP contribution in [0.5, 0.6) is 0 Å². The number of nitrogens with zero attached hydrogens (tertiary/aromatic N) is 4. The van der Waals surface area contributed by atoms with Gasteiger partial charge in [0.1, 0.15) is 6.07 Å². The predicted octanol–water partition coefficient (Wildman–Crippen LogP) is 4.65. The minimum atomic E-state index is -0.459. The molecule has 1 atom stereocenters. The Labute approximate surface area is 199 Å². The van der Waals surface area contributed by atoms with E-state index in [1.807, 2.05) is 43.3 Å². The second-order valence-electron chi connectivity index (χ2n) is 9.49. The molecule has 1 aromatic heterocycles. The van der Waals surface area contributed by atoms with E-state index in [2.05, 4.69) is 27.8 Å². The molecule has 7 nitrogen and oxygen atoms in total. The van der Waals surface area contributed by atoms with Crippen LogP contribution in [0.3, 0.4) is 0 Å². The van der Waals surface area contributed by atoms with Crippen LogP contribution in [0.1, 0.15) is 48.4 Å². The first-order valence-electron chi connectivity index (χ1n) is 11.6. The average Bonchev–Trinajstić information content (AvgIpc) is 3.64. The van der Waals surface area contributed by atoms with Crippen LogP contribution < -0.4 is 10.6 Å². The van der Waals surface area contributed by atoms with E-state index in [1.165, 1.54) is 12.8 Å². The summed E-state index contributed by atoms with van der Waals surface area (Å²) in [7, 11) is 0. The Morgan fingerprint density at radius 2 is 2.03 bits per heavy atom. The van der Waals surface area contributed by atoms with Gasteiger partial charge in [-0.05, 0) is 60.2 Å². The fourth-order valence-corrected chi connectivity index (χ4v) is 4.51. The second kappa shape index (κ2) is 8.78. The molecule has 2 aliphatic rings. The SMILES string of the molecule is C[C@]1(CO)CNc2c(C#N)cc(-c3ccnc(Nc4cc(C#N)ccc4CCC4CC4)n3)cc21. The number of nitrogens with one attached hydrogen (secondary N) is 2. The van der Waals surface area contributed by atoms with Crippen molar-refractivity contribution < 1.29 is 5.11 Å². The third-order valence-corrected chi connectivity index (χ3v) is 6.87. The lowest BCUT2D eigenvalue weighted by Crippen LogP contribution is -2.28. The van der Waals surface area contributed by atoms with Gasteiger partial charge in [0.15, 0.2) is 0 Å². The quantitative estimate of drug-likeness (QED) is 0.479. The summed E-state index contributed by atoms with van der Waals surface area (Å²) in [6.07, 6.45) is 6.39. The van der Waals surface area contributed by atoms with E-state index >= 15 is 0 Å². The molecule has 0 bridgehead atoms. The second-order valence-corrected chi connectivity index (χ2v) is 9.49. The summed E-state index contributed by atoms with van der Waals surface area (Å²) in [4.78, 5) is 9.12. The largest absolute Gasteiger partial charge is 0.395 e. The molecule has 34 heavy (non-hydrogen) atoms. The summed E-state index contributed by atoms with van der Waals surface area (Å²) in [5.41, 5.74) is 5.83. The number of aliphatic hydroxyl groups is 1. The van der Waals surface area contributed by atoms with E-state index in [1.54, 1.807) is 6.20 Å². The Hall–Kier alpha value is -3.94. The van der Waals surface area contributed by atoms with Crippen LogP contribution in [0, 0.1) is 28.6 Å². The van der Waals surface area contributed by atoms with E-state index in [9.17, 15) is 15.6 Å². The number of rotatable bonds is 7. The summed E-state index contributed by atoms with van der Waals surface area (Å²) >= 11 is 0. The highest BCUT2D eigenvalue weighted by Crippen LogP contribution is 2.41. The van der Waals surface area contributed by atoms with E-state index < -0.39 is 5.41 Å². The number of benzene rings is 2. The molecule has 2 aromatic carbocycles. The molecular formula is C27H26N6O. The zero-order chi connectivity index (χ0) is 23.7. The lowest BCUT2D eigenvalue weighted by Gasteiger charge is -2.21. The molecule has 1 aliphatic heterocycles. The molecule has 3 N–H and O–H groups in total. The molecule has 7 heteroatoms. The van der Waals surface area contributed by atoms with E-state index in [0.29, 0.717) is 29.3 Å². The molecule has 1 fully saturated rings. The van der Waals surface area contributed by atoms with Gasteiger partial charge < -0.3 is 15.7 Å². The van der Waals surface area contributed by atoms with Crippen molar-refractivity contribution in [2.75, 3.05) is 23.8 Å². The molecule has 0 amide bonds. The smallest absolute Gasteiger partial charge is 0.227 e. The molecule has 5 rings (SSSR count). The van der Waals surface area contributed by atoms with Gasteiger partial charge in [-0.15, -0.1) is 0 Å². The average molecular weight is 451 g/mol. The lowest BCUT2D eigenvalue weighted by atomic mass is 9.83. The lowest BCUT2D eigenvalue weighted by molar-refractivity contribution is 0.219. The fourth-order valence-electron chi connectivity index (χ4n) is 4.51. The number of hydrogen-bond donors (Lipinski definition) is 3. The summed E-state index contributed by atoms with van der Waals surface area (Å²) in [6.45, 7) is 2.54. The van der Waals surface area contributed by atoms with Gasteiger partial charge in [-0.25, -0.2) is 9.97 Å².